The van der Waals surface area contributed by atoms with Gasteiger partial charge >= 0.3 is 11.7 Å². The monoisotopic (exact) mass is 1040 g/mol. The molecule has 3 aliphatic heterocycles. The topological polar surface area (TPSA) is 268 Å². The van der Waals surface area contributed by atoms with Crippen LogP contribution in [0.3, 0.4) is 0 Å². The summed E-state index contributed by atoms with van der Waals surface area (Å²) in [7, 11) is 2.95. The lowest BCUT2D eigenvalue weighted by Gasteiger charge is -2.38. The fourth-order valence-corrected chi connectivity index (χ4v) is 10.6. The smallest absolute Gasteiger partial charge is 0.330 e. The number of nitrogens with two attached hydrogens (primary N) is 1. The molecule has 2 amide bonds. The van der Waals surface area contributed by atoms with Gasteiger partial charge in [-0.25, -0.2) is 4.79 Å². The maximum absolute atomic E-state index is 15.0. The highest BCUT2D eigenvalue weighted by Gasteiger charge is 2.57. The number of aromatic amines is 1. The normalized spacial score (nSPS) is 27.1. The molecule has 0 radical (unpaired) electrons. The molecule has 8 N–H and O–H groups in total. The number of aromatic nitrogens is 2. The number of esters is 1. The van der Waals surface area contributed by atoms with E-state index >= 15 is 4.79 Å². The number of aliphatic hydroxyl groups excluding tert-OH is 4. The van der Waals surface area contributed by atoms with Crippen molar-refractivity contribution >= 4 is 17.8 Å². The first-order valence-corrected chi connectivity index (χ1v) is 28.4. The van der Waals surface area contributed by atoms with Crippen LogP contribution >= 0.6 is 0 Å². The SMILES string of the molecule is CCCCCCCCCCCCCCCCNC(=O)C1[C@@H](OC(=O)CCCCCCCCCCCCCCC)CN(C)C([C@@H](OC2O[C@H](CN)[C@@H](O)[C@H]2O)C2OC(n3ccc(=O)[nH]c3=O)[C@H](O)[C@@H]2O)C(=O)N1C. The molecule has 5 unspecified atom stereocenters. The first-order valence-electron chi connectivity index (χ1n) is 28.4. The summed E-state index contributed by atoms with van der Waals surface area (Å²) in [6.45, 7) is 4.43. The zero-order chi connectivity index (χ0) is 53.1. The van der Waals surface area contributed by atoms with E-state index in [1.54, 1.807) is 7.05 Å². The second-order valence-corrected chi connectivity index (χ2v) is 21.0. The van der Waals surface area contributed by atoms with Gasteiger partial charge in [-0.15, -0.1) is 0 Å². The molecule has 420 valence electrons. The Labute approximate surface area is 434 Å². The molecule has 3 fully saturated rings. The quantitative estimate of drug-likeness (QED) is 0.0339. The number of amides is 2. The predicted molar refractivity (Wildman–Crippen MR) is 278 cm³/mol. The second kappa shape index (κ2) is 34.4. The number of hydrogen-bond donors (Lipinski definition) is 7. The van der Waals surface area contributed by atoms with Crippen LogP contribution < -0.4 is 22.3 Å². The van der Waals surface area contributed by atoms with Crippen LogP contribution in [0.4, 0.5) is 0 Å². The largest absolute Gasteiger partial charge is 0.458 e. The highest BCUT2D eigenvalue weighted by atomic mass is 16.7. The molecule has 73 heavy (non-hydrogen) atoms. The average Bonchev–Trinajstić information content (AvgIpc) is 3.78. The molecule has 0 aliphatic carbocycles. The fourth-order valence-electron chi connectivity index (χ4n) is 10.6. The van der Waals surface area contributed by atoms with Gasteiger partial charge in [0.15, 0.2) is 12.5 Å². The Morgan fingerprint density at radius 2 is 1.22 bits per heavy atom. The first kappa shape index (κ1) is 62.3. The molecule has 0 bridgehead atoms. The fraction of sp³-hybridized carbons (Fsp3) is 0.870. The number of ether oxygens (including phenoxy) is 4. The number of likely N-dealkylation sites (N-methyl/N-ethyl adjacent to an activating group) is 2. The van der Waals surface area contributed by atoms with Gasteiger partial charge in [0.25, 0.3) is 5.56 Å². The van der Waals surface area contributed by atoms with E-state index in [0.717, 1.165) is 61.8 Å². The Morgan fingerprint density at radius 1 is 0.712 bits per heavy atom. The van der Waals surface area contributed by atoms with E-state index in [9.17, 15) is 39.6 Å². The van der Waals surface area contributed by atoms with Gasteiger partial charge in [-0.05, 0) is 19.9 Å². The Balaban J connectivity index is 1.46. The van der Waals surface area contributed by atoms with Crippen molar-refractivity contribution in [3.63, 3.8) is 0 Å². The summed E-state index contributed by atoms with van der Waals surface area (Å²) in [5.41, 5.74) is 4.15. The molecule has 3 saturated heterocycles. The van der Waals surface area contributed by atoms with E-state index < -0.39 is 102 Å². The van der Waals surface area contributed by atoms with E-state index in [1.807, 2.05) is 0 Å². The van der Waals surface area contributed by atoms with Gasteiger partial charge in [0.1, 0.15) is 60.9 Å². The Hall–Kier alpha value is -3.27. The van der Waals surface area contributed by atoms with Crippen LogP contribution in [0.1, 0.15) is 200 Å². The van der Waals surface area contributed by atoms with Gasteiger partial charge in [0.05, 0.1) is 0 Å². The maximum atomic E-state index is 15.0. The summed E-state index contributed by atoms with van der Waals surface area (Å²) < 4.78 is 25.3. The summed E-state index contributed by atoms with van der Waals surface area (Å²) in [5, 5.41) is 47.8. The van der Waals surface area contributed by atoms with Crippen LogP contribution in [-0.4, -0.2) is 158 Å². The molecule has 1 aromatic heterocycles. The molecule has 4 rings (SSSR count). The van der Waals surface area contributed by atoms with Crippen molar-refractivity contribution in [3.05, 3.63) is 33.1 Å². The summed E-state index contributed by atoms with van der Waals surface area (Å²) in [4.78, 5) is 72.6. The number of carbonyl (C=O) groups excluding carboxylic acids is 3. The average molecular weight is 1040 g/mol. The van der Waals surface area contributed by atoms with Crippen LogP contribution in [0.2, 0.25) is 0 Å². The van der Waals surface area contributed by atoms with E-state index in [4.69, 9.17) is 24.7 Å². The number of carbonyl (C=O) groups is 3. The summed E-state index contributed by atoms with van der Waals surface area (Å²) in [6.07, 6.45) is 17.2. The van der Waals surface area contributed by atoms with E-state index in [-0.39, 0.29) is 19.5 Å². The zero-order valence-corrected chi connectivity index (χ0v) is 44.9. The number of H-pyrrole nitrogens is 1. The van der Waals surface area contributed by atoms with E-state index in [0.29, 0.717) is 19.4 Å². The molecule has 0 spiro atoms. The molecule has 19 heteroatoms. The lowest BCUT2D eigenvalue weighted by atomic mass is 9.97. The van der Waals surface area contributed by atoms with Crippen molar-refractivity contribution in [2.75, 3.05) is 33.7 Å². The lowest BCUT2D eigenvalue weighted by Crippen LogP contribution is -2.60. The van der Waals surface area contributed by atoms with Crippen LogP contribution in [0.25, 0.3) is 0 Å². The first-order chi connectivity index (χ1) is 35.2. The van der Waals surface area contributed by atoms with Crippen LogP contribution in [0.15, 0.2) is 21.9 Å². The number of nitrogens with zero attached hydrogens (tertiary/aromatic N) is 3. The Morgan fingerprint density at radius 3 is 1.71 bits per heavy atom. The van der Waals surface area contributed by atoms with Gasteiger partial charge in [0.2, 0.25) is 11.8 Å². The maximum Gasteiger partial charge on any atom is 0.330 e. The molecule has 3 aliphatic rings. The zero-order valence-electron chi connectivity index (χ0n) is 44.9. The van der Waals surface area contributed by atoms with Crippen LogP contribution in [0, 0.1) is 0 Å². The molecule has 19 nitrogen and oxygen atoms in total. The minimum absolute atomic E-state index is 0.116. The van der Waals surface area contributed by atoms with Gasteiger partial charge in [-0.1, -0.05) is 174 Å². The van der Waals surface area contributed by atoms with Gasteiger partial charge in [0, 0.05) is 45.4 Å². The third kappa shape index (κ3) is 20.0. The van der Waals surface area contributed by atoms with Crippen molar-refractivity contribution in [1.29, 1.82) is 0 Å². The molecular formula is C54H96N6O13. The number of rotatable bonds is 37. The molecular weight excluding hydrogens is 941 g/mol. The Kier molecular flexibility index (Phi) is 29.3. The lowest BCUT2D eigenvalue weighted by molar-refractivity contribution is -0.233. The minimum Gasteiger partial charge on any atom is -0.458 e. The predicted octanol–water partition coefficient (Wildman–Crippen LogP) is 5.08. The molecule has 12 atom stereocenters. The van der Waals surface area contributed by atoms with Crippen molar-refractivity contribution < 1.29 is 53.8 Å². The van der Waals surface area contributed by atoms with Crippen LogP contribution in [0.5, 0.6) is 0 Å². The van der Waals surface area contributed by atoms with Crippen molar-refractivity contribution in [3.8, 4) is 0 Å². The van der Waals surface area contributed by atoms with Crippen molar-refractivity contribution in [2.24, 2.45) is 5.73 Å². The highest BCUT2D eigenvalue weighted by Crippen LogP contribution is 2.36. The summed E-state index contributed by atoms with van der Waals surface area (Å²) in [5.74, 6) is -1.77. The number of nitrogens with one attached hydrogen (secondary N) is 2. The third-order valence-electron chi connectivity index (χ3n) is 15.1. The highest BCUT2D eigenvalue weighted by molar-refractivity contribution is 5.91. The number of unbranched alkanes of at least 4 members (excludes halogenated alkanes) is 25. The number of aliphatic hydroxyl groups is 4. The van der Waals surface area contributed by atoms with Gasteiger partial charge in [-0.2, -0.15) is 0 Å². The van der Waals surface area contributed by atoms with Gasteiger partial charge < -0.3 is 55.3 Å². The van der Waals surface area contributed by atoms with E-state index in [2.05, 4.69) is 24.1 Å². The Bertz CT molecular complexity index is 1840. The van der Waals surface area contributed by atoms with E-state index in [1.165, 1.54) is 132 Å². The molecule has 0 aromatic carbocycles. The standard InChI is InChI=1S/C54H96N6O13/c1-5-7-9-11-13-15-17-19-21-23-25-27-29-31-34-56-50(67)42-39(70-41(62)32-30-28-26-24-22-20-18-16-14-12-10-8-6-2)37-58(3)43(51(68)59(42)4)48(73-53-47(66)44(63)38(36-55)71-53)49-45(64)46(65)52(72-49)60-35-33-40(61)57-54(60)69/h33,35,38-39,42-49,52-53,63-66H,5-32,34,36-37,55H2,1-4H3,(H,56,67)(H,57,61,69)/t38-,39+,42?,43?,44-,45+,46-,47-,48-,49?,52?,53?/m1/s1. The summed E-state index contributed by atoms with van der Waals surface area (Å²) >= 11 is 0. The van der Waals surface area contributed by atoms with Gasteiger partial charge in [-0.3, -0.25) is 33.6 Å². The number of hydrogen-bond acceptors (Lipinski definition) is 15. The van der Waals surface area contributed by atoms with Crippen molar-refractivity contribution in [1.82, 2.24) is 24.7 Å². The molecule has 4 heterocycles. The third-order valence-corrected chi connectivity index (χ3v) is 15.1. The second-order valence-electron chi connectivity index (χ2n) is 21.0. The molecule has 1 aromatic rings. The van der Waals surface area contributed by atoms with Crippen molar-refractivity contribution in [2.45, 2.75) is 267 Å². The van der Waals surface area contributed by atoms with Crippen LogP contribution in [-0.2, 0) is 33.3 Å². The minimum atomic E-state index is -1.84. The summed E-state index contributed by atoms with van der Waals surface area (Å²) in [6, 6.07) is -1.74. The molecule has 0 saturated carbocycles.